The molecule has 1 saturated carbocycles. The Hall–Kier alpha value is -0.770. The summed E-state index contributed by atoms with van der Waals surface area (Å²) in [7, 11) is 0. The van der Waals surface area contributed by atoms with Crippen molar-refractivity contribution in [2.45, 2.75) is 50.3 Å². The van der Waals surface area contributed by atoms with Crippen molar-refractivity contribution in [3.8, 4) is 6.07 Å². The molecule has 0 amide bonds. The van der Waals surface area contributed by atoms with Crippen molar-refractivity contribution in [3.05, 3.63) is 34.9 Å². The molecule has 26 heavy (non-hydrogen) atoms. The number of ether oxygens (including phenoxy) is 1. The summed E-state index contributed by atoms with van der Waals surface area (Å²) >= 11 is 5.16. The van der Waals surface area contributed by atoms with Crippen LogP contribution in [0.3, 0.4) is 0 Å². The van der Waals surface area contributed by atoms with E-state index in [0.29, 0.717) is 24.4 Å². The molecule has 0 radical (unpaired) electrons. The third-order valence-corrected chi connectivity index (χ3v) is 6.65. The molecule has 3 atom stereocenters. The van der Waals surface area contributed by atoms with Gasteiger partial charge in [0.2, 0.25) is 0 Å². The fourth-order valence-corrected chi connectivity index (χ4v) is 5.05. The van der Waals surface area contributed by atoms with E-state index in [-0.39, 0.29) is 12.0 Å². The van der Waals surface area contributed by atoms with E-state index >= 15 is 0 Å². The van der Waals surface area contributed by atoms with Crippen LogP contribution in [-0.2, 0) is 22.3 Å². The second-order valence-electron chi connectivity index (χ2n) is 7.51. The molecule has 0 bridgehead atoms. The van der Waals surface area contributed by atoms with Crippen molar-refractivity contribution in [2.24, 2.45) is 5.92 Å². The van der Waals surface area contributed by atoms with Crippen LogP contribution in [0.2, 0.25) is 5.02 Å². The second kappa shape index (κ2) is 9.43. The number of morpholine rings is 1. The first-order chi connectivity index (χ1) is 12.5. The van der Waals surface area contributed by atoms with Gasteiger partial charge in [0.05, 0.1) is 18.9 Å². The summed E-state index contributed by atoms with van der Waals surface area (Å²) in [4.78, 5) is 2.57. The van der Waals surface area contributed by atoms with Crippen LogP contribution in [-0.4, -0.2) is 52.8 Å². The number of hydrogen-bond acceptors (Lipinski definition) is 4. The molecule has 2 fully saturated rings. The monoisotopic (exact) mass is 394 g/mol. The highest BCUT2D eigenvalue weighted by Crippen LogP contribution is 2.31. The first kappa shape index (κ1) is 20.0. The highest BCUT2D eigenvalue weighted by molar-refractivity contribution is 7.90. The molecule has 3 rings (SSSR count). The molecule has 0 N–H and O–H groups in total. The van der Waals surface area contributed by atoms with Crippen molar-refractivity contribution < 1.29 is 9.29 Å². The molecule has 1 saturated heterocycles. The van der Waals surface area contributed by atoms with Gasteiger partial charge in [-0.25, -0.2) is 0 Å². The Kier molecular flexibility index (Phi) is 7.25. The lowest BCUT2D eigenvalue weighted by atomic mass is 9.85. The predicted molar refractivity (Wildman–Crippen MR) is 106 cm³/mol. The van der Waals surface area contributed by atoms with Crippen LogP contribution in [0.1, 0.15) is 31.2 Å². The molecule has 1 aliphatic carbocycles. The number of nitrogens with zero attached hydrogens (tertiary/aromatic N) is 2. The van der Waals surface area contributed by atoms with Gasteiger partial charge in [-0.05, 0) is 49.8 Å². The molecule has 4 nitrogen and oxygen atoms in total. The molecule has 0 aromatic heterocycles. The van der Waals surface area contributed by atoms with Crippen molar-refractivity contribution in [1.29, 1.82) is 5.26 Å². The molecule has 142 valence electrons. The normalized spacial score (nSPS) is 31.3. The third-order valence-electron chi connectivity index (χ3n) is 5.56. The van der Waals surface area contributed by atoms with Crippen LogP contribution < -0.4 is 0 Å². The van der Waals surface area contributed by atoms with Gasteiger partial charge in [0.25, 0.3) is 0 Å². The van der Waals surface area contributed by atoms with E-state index in [1.807, 2.05) is 12.1 Å². The summed E-state index contributed by atoms with van der Waals surface area (Å²) in [5, 5.41) is 9.93. The third kappa shape index (κ3) is 5.37. The summed E-state index contributed by atoms with van der Waals surface area (Å²) in [6, 6.07) is 11.3. The quantitative estimate of drug-likeness (QED) is 0.718. The van der Waals surface area contributed by atoms with E-state index in [4.69, 9.17) is 21.6 Å². The van der Waals surface area contributed by atoms with Crippen LogP contribution in [0.25, 0.3) is 0 Å². The molecule has 1 aromatic carbocycles. The van der Waals surface area contributed by atoms with E-state index in [2.05, 4.69) is 23.1 Å². The highest BCUT2D eigenvalue weighted by atomic mass is 35.5. The SMILES string of the molecule is C[S+]([O-])CC1CN(C2CCC(C#N)CC2)C(Cc2ccc(Cl)cc2)CO1. The van der Waals surface area contributed by atoms with Crippen molar-refractivity contribution in [3.63, 3.8) is 0 Å². The van der Waals surface area contributed by atoms with E-state index in [1.54, 1.807) is 6.26 Å². The van der Waals surface area contributed by atoms with E-state index in [0.717, 1.165) is 43.7 Å². The van der Waals surface area contributed by atoms with Gasteiger partial charge in [0.15, 0.2) is 0 Å². The summed E-state index contributed by atoms with van der Waals surface area (Å²) in [5.41, 5.74) is 1.26. The average molecular weight is 395 g/mol. The van der Waals surface area contributed by atoms with Gasteiger partial charge in [-0.15, -0.1) is 0 Å². The minimum atomic E-state index is -0.851. The fourth-order valence-electron chi connectivity index (χ4n) is 4.19. The molecular formula is C20H27ClN2O2S. The van der Waals surface area contributed by atoms with Crippen LogP contribution in [0.4, 0.5) is 0 Å². The minimum absolute atomic E-state index is 0.0380. The number of benzene rings is 1. The molecule has 2 aliphatic rings. The smallest absolute Gasteiger partial charge is 0.132 e. The Labute approximate surface area is 164 Å². The fraction of sp³-hybridized carbons (Fsp3) is 0.650. The van der Waals surface area contributed by atoms with Gasteiger partial charge in [-0.3, -0.25) is 4.90 Å². The van der Waals surface area contributed by atoms with Gasteiger partial charge in [0.1, 0.15) is 11.9 Å². The molecule has 3 unspecified atom stereocenters. The zero-order valence-electron chi connectivity index (χ0n) is 15.3. The molecular weight excluding hydrogens is 368 g/mol. The minimum Gasteiger partial charge on any atom is -0.616 e. The van der Waals surface area contributed by atoms with Gasteiger partial charge in [0, 0.05) is 29.6 Å². The zero-order valence-corrected chi connectivity index (χ0v) is 16.8. The van der Waals surface area contributed by atoms with Gasteiger partial charge in [-0.1, -0.05) is 34.9 Å². The summed E-state index contributed by atoms with van der Waals surface area (Å²) in [6.07, 6.45) is 6.81. The molecule has 0 spiro atoms. The maximum absolute atomic E-state index is 11.6. The van der Waals surface area contributed by atoms with Crippen LogP contribution in [0.15, 0.2) is 24.3 Å². The Morgan fingerprint density at radius 2 is 1.96 bits per heavy atom. The Morgan fingerprint density at radius 3 is 2.58 bits per heavy atom. The molecule has 6 heteroatoms. The van der Waals surface area contributed by atoms with Crippen molar-refractivity contribution in [1.82, 2.24) is 4.90 Å². The predicted octanol–water partition coefficient (Wildman–Crippen LogP) is 3.41. The van der Waals surface area contributed by atoms with Crippen molar-refractivity contribution >= 4 is 22.8 Å². The summed E-state index contributed by atoms with van der Waals surface area (Å²) in [5.74, 6) is 0.804. The second-order valence-corrected chi connectivity index (χ2v) is 9.43. The number of rotatable bonds is 5. The summed E-state index contributed by atoms with van der Waals surface area (Å²) < 4.78 is 17.7. The number of nitriles is 1. The van der Waals surface area contributed by atoms with Crippen LogP contribution in [0.5, 0.6) is 0 Å². The van der Waals surface area contributed by atoms with Gasteiger partial charge >= 0.3 is 0 Å². The zero-order chi connectivity index (χ0) is 18.5. The Bertz CT molecular complexity index is 611. The highest BCUT2D eigenvalue weighted by Gasteiger charge is 2.36. The molecule has 1 heterocycles. The lowest BCUT2D eigenvalue weighted by molar-refractivity contribution is -0.0759. The van der Waals surface area contributed by atoms with E-state index < -0.39 is 11.2 Å². The van der Waals surface area contributed by atoms with Crippen molar-refractivity contribution in [2.75, 3.05) is 25.2 Å². The van der Waals surface area contributed by atoms with Crippen LogP contribution >= 0.6 is 11.6 Å². The number of halogens is 1. The summed E-state index contributed by atoms with van der Waals surface area (Å²) in [6.45, 7) is 1.50. The Balaban J connectivity index is 1.69. The van der Waals surface area contributed by atoms with E-state index in [1.165, 1.54) is 5.56 Å². The first-order valence-corrected chi connectivity index (χ1v) is 11.5. The van der Waals surface area contributed by atoms with Gasteiger partial charge < -0.3 is 9.29 Å². The lowest BCUT2D eigenvalue weighted by Crippen LogP contribution is -2.56. The molecule has 1 aliphatic heterocycles. The number of hydrogen-bond donors (Lipinski definition) is 0. The van der Waals surface area contributed by atoms with Gasteiger partial charge in [-0.2, -0.15) is 5.26 Å². The first-order valence-electron chi connectivity index (χ1n) is 9.36. The topological polar surface area (TPSA) is 59.3 Å². The lowest BCUT2D eigenvalue weighted by Gasteiger charge is -2.45. The Morgan fingerprint density at radius 1 is 1.27 bits per heavy atom. The molecule has 1 aromatic rings. The van der Waals surface area contributed by atoms with E-state index in [9.17, 15) is 4.55 Å². The largest absolute Gasteiger partial charge is 0.616 e. The standard InChI is InChI=1S/C20H27ClN2O2S/c1-26(24)14-20-12-23(18-8-4-16(11-22)5-9-18)19(13-25-20)10-15-2-6-17(21)7-3-15/h2-3,6-7,16,18-20H,4-5,8-10,12-14H2,1H3. The maximum Gasteiger partial charge on any atom is 0.132 e. The maximum atomic E-state index is 11.6. The van der Waals surface area contributed by atoms with Crippen LogP contribution in [0, 0.1) is 17.2 Å². The average Bonchev–Trinajstić information content (AvgIpc) is 2.64.